The van der Waals surface area contributed by atoms with Crippen LogP contribution >= 0.6 is 27.7 Å². The second-order valence-corrected chi connectivity index (χ2v) is 5.69. The van der Waals surface area contributed by atoms with E-state index in [1.54, 1.807) is 7.11 Å². The van der Waals surface area contributed by atoms with Crippen LogP contribution in [-0.2, 0) is 10.3 Å². The highest BCUT2D eigenvalue weighted by Crippen LogP contribution is 2.38. The maximum absolute atomic E-state index is 5.72. The number of halogens is 1. The quantitative estimate of drug-likeness (QED) is 0.780. The molecule has 1 aliphatic heterocycles. The maximum Gasteiger partial charge on any atom is 0.111 e. The molecule has 0 N–H and O–H groups in total. The molecule has 0 spiro atoms. The van der Waals surface area contributed by atoms with Gasteiger partial charge in [-0.05, 0) is 52.4 Å². The van der Waals surface area contributed by atoms with E-state index in [1.807, 2.05) is 23.9 Å². The van der Waals surface area contributed by atoms with Gasteiger partial charge in [0.1, 0.15) is 10.2 Å². The van der Waals surface area contributed by atoms with Crippen LogP contribution in [0.3, 0.4) is 0 Å². The molecule has 1 fully saturated rings. The highest BCUT2D eigenvalue weighted by Gasteiger charge is 2.35. The fourth-order valence-corrected chi connectivity index (χ4v) is 3.42. The molecule has 0 aromatic carbocycles. The average molecular weight is 288 g/mol. The van der Waals surface area contributed by atoms with E-state index < -0.39 is 0 Å². The van der Waals surface area contributed by atoms with E-state index >= 15 is 0 Å². The molecule has 2 heterocycles. The van der Waals surface area contributed by atoms with E-state index in [-0.39, 0.29) is 5.60 Å². The Hall–Kier alpha value is -0.0600. The molecule has 0 unspecified atom stereocenters. The van der Waals surface area contributed by atoms with Crippen LogP contribution in [0.5, 0.6) is 0 Å². The SMILES string of the molecule is COC1(c2cccc(Br)n2)CCSCC1. The van der Waals surface area contributed by atoms with Crippen LogP contribution in [0, 0.1) is 0 Å². The summed E-state index contributed by atoms with van der Waals surface area (Å²) in [5, 5.41) is 0. The Morgan fingerprint density at radius 3 is 2.73 bits per heavy atom. The summed E-state index contributed by atoms with van der Waals surface area (Å²) in [4.78, 5) is 4.52. The normalized spacial score (nSPS) is 20.1. The second-order valence-electron chi connectivity index (χ2n) is 3.66. The summed E-state index contributed by atoms with van der Waals surface area (Å²) in [5.41, 5.74) is 0.898. The van der Waals surface area contributed by atoms with Crippen molar-refractivity contribution in [3.63, 3.8) is 0 Å². The van der Waals surface area contributed by atoms with E-state index in [2.05, 4.69) is 27.0 Å². The standard InChI is InChI=1S/C11H14BrNOS/c1-14-11(5-7-15-8-6-11)9-3-2-4-10(12)13-9/h2-4H,5-8H2,1H3. The van der Waals surface area contributed by atoms with Gasteiger partial charge in [0.15, 0.2) is 0 Å². The highest BCUT2D eigenvalue weighted by atomic mass is 79.9. The Balaban J connectivity index is 2.32. The van der Waals surface area contributed by atoms with Crippen molar-refractivity contribution in [2.75, 3.05) is 18.6 Å². The lowest BCUT2D eigenvalue weighted by Crippen LogP contribution is -2.33. The molecule has 1 aliphatic rings. The zero-order valence-electron chi connectivity index (χ0n) is 8.70. The first-order valence-corrected chi connectivity index (χ1v) is 6.97. The van der Waals surface area contributed by atoms with Gasteiger partial charge in [-0.15, -0.1) is 0 Å². The minimum atomic E-state index is -0.158. The maximum atomic E-state index is 5.72. The van der Waals surface area contributed by atoms with Crippen LogP contribution in [0.25, 0.3) is 0 Å². The van der Waals surface area contributed by atoms with Gasteiger partial charge in [-0.3, -0.25) is 0 Å². The van der Waals surface area contributed by atoms with Gasteiger partial charge in [0.05, 0.1) is 5.69 Å². The molecule has 0 atom stereocenters. The molecule has 15 heavy (non-hydrogen) atoms. The van der Waals surface area contributed by atoms with E-state index in [4.69, 9.17) is 4.74 Å². The first-order valence-electron chi connectivity index (χ1n) is 5.03. The van der Waals surface area contributed by atoms with Crippen molar-refractivity contribution >= 4 is 27.7 Å². The number of ether oxygens (including phenoxy) is 1. The van der Waals surface area contributed by atoms with Crippen molar-refractivity contribution in [3.8, 4) is 0 Å². The third-order valence-corrected chi connectivity index (χ3v) is 4.30. The summed E-state index contributed by atoms with van der Waals surface area (Å²) in [7, 11) is 1.79. The Labute approximate surface area is 103 Å². The van der Waals surface area contributed by atoms with Crippen LogP contribution in [0.2, 0.25) is 0 Å². The molecule has 0 aliphatic carbocycles. The van der Waals surface area contributed by atoms with Gasteiger partial charge in [0.2, 0.25) is 0 Å². The predicted molar refractivity (Wildman–Crippen MR) is 67.2 cm³/mol. The average Bonchev–Trinajstić information content (AvgIpc) is 2.30. The minimum Gasteiger partial charge on any atom is -0.372 e. The van der Waals surface area contributed by atoms with Crippen molar-refractivity contribution in [1.29, 1.82) is 0 Å². The molecule has 82 valence electrons. The van der Waals surface area contributed by atoms with Crippen molar-refractivity contribution in [2.24, 2.45) is 0 Å². The van der Waals surface area contributed by atoms with Gasteiger partial charge in [0.25, 0.3) is 0 Å². The third kappa shape index (κ3) is 2.37. The first kappa shape index (κ1) is 11.4. The lowest BCUT2D eigenvalue weighted by molar-refractivity contribution is -0.0256. The molecule has 0 saturated carbocycles. The molecule has 1 saturated heterocycles. The molecule has 0 radical (unpaired) electrons. The third-order valence-electron chi connectivity index (χ3n) is 2.87. The number of hydrogen-bond donors (Lipinski definition) is 0. The van der Waals surface area contributed by atoms with Crippen molar-refractivity contribution < 1.29 is 4.74 Å². The molecular formula is C11H14BrNOS. The van der Waals surface area contributed by atoms with Crippen LogP contribution in [0.4, 0.5) is 0 Å². The number of nitrogens with zero attached hydrogens (tertiary/aromatic N) is 1. The van der Waals surface area contributed by atoms with Crippen molar-refractivity contribution in [2.45, 2.75) is 18.4 Å². The smallest absolute Gasteiger partial charge is 0.111 e. The first-order chi connectivity index (χ1) is 7.27. The number of aromatic nitrogens is 1. The highest BCUT2D eigenvalue weighted by molar-refractivity contribution is 9.10. The molecule has 2 rings (SSSR count). The van der Waals surface area contributed by atoms with Crippen LogP contribution in [0.1, 0.15) is 18.5 Å². The fourth-order valence-electron chi connectivity index (χ4n) is 1.93. The van der Waals surface area contributed by atoms with Crippen LogP contribution in [-0.4, -0.2) is 23.6 Å². The van der Waals surface area contributed by atoms with Gasteiger partial charge < -0.3 is 4.74 Å². The fraction of sp³-hybridized carbons (Fsp3) is 0.545. The van der Waals surface area contributed by atoms with E-state index in [0.29, 0.717) is 0 Å². The summed E-state index contributed by atoms with van der Waals surface area (Å²) in [6, 6.07) is 6.03. The van der Waals surface area contributed by atoms with Gasteiger partial charge in [0, 0.05) is 7.11 Å². The van der Waals surface area contributed by atoms with Gasteiger partial charge >= 0.3 is 0 Å². The van der Waals surface area contributed by atoms with Gasteiger partial charge in [-0.2, -0.15) is 11.8 Å². The summed E-state index contributed by atoms with van der Waals surface area (Å²) in [5.74, 6) is 2.31. The number of methoxy groups -OCH3 is 1. The molecule has 0 amide bonds. The Bertz CT molecular complexity index is 339. The molecular weight excluding hydrogens is 274 g/mol. The Morgan fingerprint density at radius 2 is 2.13 bits per heavy atom. The number of thioether (sulfide) groups is 1. The molecule has 2 nitrogen and oxygen atoms in total. The lowest BCUT2D eigenvalue weighted by Gasteiger charge is -2.35. The monoisotopic (exact) mass is 287 g/mol. The lowest BCUT2D eigenvalue weighted by atomic mass is 9.92. The number of rotatable bonds is 2. The summed E-state index contributed by atoms with van der Waals surface area (Å²) in [6.45, 7) is 0. The van der Waals surface area contributed by atoms with E-state index in [0.717, 1.165) is 34.6 Å². The Morgan fingerprint density at radius 1 is 1.40 bits per heavy atom. The summed E-state index contributed by atoms with van der Waals surface area (Å²) in [6.07, 6.45) is 2.11. The topological polar surface area (TPSA) is 22.1 Å². The van der Waals surface area contributed by atoms with Gasteiger partial charge in [-0.25, -0.2) is 4.98 Å². The predicted octanol–water partition coefficient (Wildman–Crippen LogP) is 3.21. The van der Waals surface area contributed by atoms with E-state index in [9.17, 15) is 0 Å². The van der Waals surface area contributed by atoms with E-state index in [1.165, 1.54) is 0 Å². The second kappa shape index (κ2) is 4.85. The number of pyridine rings is 1. The summed E-state index contributed by atoms with van der Waals surface area (Å²) >= 11 is 5.40. The van der Waals surface area contributed by atoms with Crippen molar-refractivity contribution in [3.05, 3.63) is 28.5 Å². The molecule has 0 bridgehead atoms. The van der Waals surface area contributed by atoms with Crippen LogP contribution in [0.15, 0.2) is 22.8 Å². The van der Waals surface area contributed by atoms with Gasteiger partial charge in [-0.1, -0.05) is 6.07 Å². The van der Waals surface area contributed by atoms with Crippen molar-refractivity contribution in [1.82, 2.24) is 4.98 Å². The Kier molecular flexibility index (Phi) is 3.69. The summed E-state index contributed by atoms with van der Waals surface area (Å²) < 4.78 is 6.61. The molecule has 1 aromatic rings. The zero-order valence-corrected chi connectivity index (χ0v) is 11.1. The molecule has 4 heteroatoms. The largest absolute Gasteiger partial charge is 0.372 e. The number of hydrogen-bond acceptors (Lipinski definition) is 3. The zero-order chi connectivity index (χ0) is 10.7. The minimum absolute atomic E-state index is 0.158. The molecule has 1 aromatic heterocycles. The van der Waals surface area contributed by atoms with Crippen LogP contribution < -0.4 is 0 Å².